The molecule has 0 heterocycles. The largest absolute Gasteiger partial charge is 0.307 e. The molecule has 1 fully saturated rings. The maximum absolute atomic E-state index is 12.6. The van der Waals surface area contributed by atoms with Gasteiger partial charge in [-0.2, -0.15) is 0 Å². The normalized spacial score (nSPS) is 14.6. The highest BCUT2D eigenvalue weighted by molar-refractivity contribution is 7.87. The molecule has 0 aromatic heterocycles. The summed E-state index contributed by atoms with van der Waals surface area (Å²) in [5.41, 5.74) is 0.934. The van der Waals surface area contributed by atoms with E-state index in [1.807, 2.05) is 0 Å². The Morgan fingerprint density at radius 3 is 2.14 bits per heavy atom. The summed E-state index contributed by atoms with van der Waals surface area (Å²) >= 11 is -0.250. The van der Waals surface area contributed by atoms with Gasteiger partial charge in [0.25, 0.3) is 0 Å². The van der Waals surface area contributed by atoms with Crippen LogP contribution in [0.5, 0.6) is 0 Å². The van der Waals surface area contributed by atoms with Crippen LogP contribution in [-0.2, 0) is 0 Å². The van der Waals surface area contributed by atoms with Gasteiger partial charge >= 0.3 is 0 Å². The predicted molar refractivity (Wildman–Crippen MR) is 51.2 cm³/mol. The molecule has 1 saturated carbocycles. The molecular weight excluding hydrogens is 210 g/mol. The Morgan fingerprint density at radius 2 is 1.71 bits per heavy atom. The first-order valence-electron chi connectivity index (χ1n) is 4.09. The van der Waals surface area contributed by atoms with Crippen molar-refractivity contribution in [2.24, 2.45) is 0 Å². The summed E-state index contributed by atoms with van der Waals surface area (Å²) in [6, 6.07) is 4.16. The van der Waals surface area contributed by atoms with Gasteiger partial charge in [-0.25, -0.2) is 8.78 Å². The standard InChI is InChI=1S/C9H8F2.H2O2S/c10-8-4-3-7(5-9(8)11)6-1-2-6;1-3-2/h3-6H,1-2H2;1-2H. The molecule has 0 amide bonds. The molecule has 5 heteroatoms. The Bertz CT molecular complexity index is 303. The minimum absolute atomic E-state index is 0.250. The lowest BCUT2D eigenvalue weighted by molar-refractivity contribution is 0.507. The third-order valence-corrected chi connectivity index (χ3v) is 1.99. The molecule has 0 radical (unpaired) electrons. The van der Waals surface area contributed by atoms with Crippen molar-refractivity contribution in [3.05, 3.63) is 35.4 Å². The van der Waals surface area contributed by atoms with E-state index < -0.39 is 11.6 Å². The van der Waals surface area contributed by atoms with Crippen molar-refractivity contribution in [1.29, 1.82) is 0 Å². The van der Waals surface area contributed by atoms with Crippen LogP contribution in [0.1, 0.15) is 24.3 Å². The smallest absolute Gasteiger partial charge is 0.159 e. The molecule has 0 bridgehead atoms. The molecule has 1 aliphatic carbocycles. The molecule has 0 aliphatic heterocycles. The lowest BCUT2D eigenvalue weighted by atomic mass is 10.1. The third kappa shape index (κ3) is 3.25. The summed E-state index contributed by atoms with van der Waals surface area (Å²) in [5.74, 6) is -0.992. The average molecular weight is 220 g/mol. The second kappa shape index (κ2) is 5.29. The lowest BCUT2D eigenvalue weighted by Gasteiger charge is -1.97. The van der Waals surface area contributed by atoms with Crippen LogP contribution in [0.3, 0.4) is 0 Å². The first-order chi connectivity index (χ1) is 6.69. The summed E-state index contributed by atoms with van der Waals surface area (Å²) in [4.78, 5) is 0. The van der Waals surface area contributed by atoms with E-state index in [1.54, 1.807) is 6.07 Å². The van der Waals surface area contributed by atoms with Crippen molar-refractivity contribution in [2.45, 2.75) is 18.8 Å². The molecule has 1 aromatic rings. The maximum Gasteiger partial charge on any atom is 0.159 e. The van der Waals surface area contributed by atoms with Gasteiger partial charge in [0.1, 0.15) is 0 Å². The highest BCUT2D eigenvalue weighted by Gasteiger charge is 2.24. The molecular formula is C9H10F2O2S. The van der Waals surface area contributed by atoms with E-state index in [4.69, 9.17) is 9.11 Å². The zero-order valence-electron chi connectivity index (χ0n) is 7.28. The molecule has 78 valence electrons. The average Bonchev–Trinajstić information content (AvgIpc) is 2.94. The van der Waals surface area contributed by atoms with E-state index in [0.29, 0.717) is 5.92 Å². The maximum atomic E-state index is 12.6. The number of benzene rings is 1. The highest BCUT2D eigenvalue weighted by Crippen LogP contribution is 2.40. The molecule has 0 saturated heterocycles. The van der Waals surface area contributed by atoms with Gasteiger partial charge in [0, 0.05) is 0 Å². The second-order valence-electron chi connectivity index (χ2n) is 3.03. The molecule has 2 nitrogen and oxygen atoms in total. The third-order valence-electron chi connectivity index (χ3n) is 1.99. The van der Waals surface area contributed by atoms with E-state index in [1.165, 1.54) is 12.1 Å². The van der Waals surface area contributed by atoms with E-state index in [-0.39, 0.29) is 12.3 Å². The summed E-state index contributed by atoms with van der Waals surface area (Å²) < 4.78 is 39.1. The molecule has 2 N–H and O–H groups in total. The number of rotatable bonds is 1. The molecule has 14 heavy (non-hydrogen) atoms. The minimum Gasteiger partial charge on any atom is -0.307 e. The first kappa shape index (κ1) is 11.4. The highest BCUT2D eigenvalue weighted by atomic mass is 32.2. The summed E-state index contributed by atoms with van der Waals surface area (Å²) in [6.07, 6.45) is 2.23. The topological polar surface area (TPSA) is 40.5 Å². The Labute approximate surface area is 85.0 Å². The van der Waals surface area contributed by atoms with Crippen molar-refractivity contribution in [1.82, 2.24) is 0 Å². The van der Waals surface area contributed by atoms with Crippen LogP contribution in [0, 0.1) is 11.6 Å². The van der Waals surface area contributed by atoms with Gasteiger partial charge in [0.05, 0.1) is 0 Å². The van der Waals surface area contributed by atoms with Gasteiger partial charge in [0.2, 0.25) is 0 Å². The number of hydrogen-bond donors (Lipinski definition) is 2. The van der Waals surface area contributed by atoms with Crippen LogP contribution in [-0.4, -0.2) is 9.11 Å². The molecule has 1 aliphatic rings. The second-order valence-corrected chi connectivity index (χ2v) is 3.19. The zero-order valence-corrected chi connectivity index (χ0v) is 8.10. The first-order valence-corrected chi connectivity index (χ1v) is 4.82. The van der Waals surface area contributed by atoms with Crippen LogP contribution in [0.2, 0.25) is 0 Å². The fraction of sp³-hybridized carbons (Fsp3) is 0.333. The molecule has 0 unspecified atom stereocenters. The fourth-order valence-corrected chi connectivity index (χ4v) is 1.18. The van der Waals surface area contributed by atoms with E-state index >= 15 is 0 Å². The van der Waals surface area contributed by atoms with Gasteiger partial charge in [-0.3, -0.25) is 0 Å². The monoisotopic (exact) mass is 220 g/mol. The van der Waals surface area contributed by atoms with Crippen molar-refractivity contribution in [2.75, 3.05) is 0 Å². The van der Waals surface area contributed by atoms with E-state index in [0.717, 1.165) is 18.4 Å². The molecule has 1 aromatic carbocycles. The molecule has 0 atom stereocenters. The van der Waals surface area contributed by atoms with E-state index in [2.05, 4.69) is 0 Å². The zero-order chi connectivity index (χ0) is 10.6. The number of halogens is 2. The van der Waals surface area contributed by atoms with Crippen molar-refractivity contribution in [3.8, 4) is 0 Å². The van der Waals surface area contributed by atoms with Crippen LogP contribution < -0.4 is 0 Å². The van der Waals surface area contributed by atoms with Crippen molar-refractivity contribution >= 4 is 12.3 Å². The van der Waals surface area contributed by atoms with Crippen LogP contribution in [0.25, 0.3) is 0 Å². The van der Waals surface area contributed by atoms with Gasteiger partial charge in [0.15, 0.2) is 24.0 Å². The van der Waals surface area contributed by atoms with Crippen LogP contribution in [0.4, 0.5) is 8.78 Å². The quantitative estimate of drug-likeness (QED) is 0.711. The summed E-state index contributed by atoms with van der Waals surface area (Å²) in [6.45, 7) is 0. The summed E-state index contributed by atoms with van der Waals surface area (Å²) in [7, 11) is 0. The van der Waals surface area contributed by atoms with Gasteiger partial charge < -0.3 is 9.11 Å². The lowest BCUT2D eigenvalue weighted by Crippen LogP contribution is -1.86. The number of hydrogen-bond acceptors (Lipinski definition) is 3. The van der Waals surface area contributed by atoms with Crippen molar-refractivity contribution < 1.29 is 17.9 Å². The minimum atomic E-state index is -0.755. The molecule has 2 rings (SSSR count). The summed E-state index contributed by atoms with van der Waals surface area (Å²) in [5, 5.41) is 0. The Morgan fingerprint density at radius 1 is 1.14 bits per heavy atom. The fourth-order valence-electron chi connectivity index (χ4n) is 1.18. The van der Waals surface area contributed by atoms with Crippen LogP contribution >= 0.6 is 12.3 Å². The van der Waals surface area contributed by atoms with Gasteiger partial charge in [-0.05, 0) is 36.5 Å². The van der Waals surface area contributed by atoms with E-state index in [9.17, 15) is 8.78 Å². The Balaban J connectivity index is 0.000000293. The predicted octanol–water partition coefficient (Wildman–Crippen LogP) is 3.51. The Hall–Kier alpha value is -0.650. The molecule has 0 spiro atoms. The van der Waals surface area contributed by atoms with Gasteiger partial charge in [-0.15, -0.1) is 0 Å². The Kier molecular flexibility index (Phi) is 4.31. The SMILES string of the molecule is Fc1ccc(C2CC2)cc1F.OSO. The van der Waals surface area contributed by atoms with Crippen LogP contribution in [0.15, 0.2) is 18.2 Å². The van der Waals surface area contributed by atoms with Gasteiger partial charge in [-0.1, -0.05) is 6.07 Å². The van der Waals surface area contributed by atoms with Crippen molar-refractivity contribution in [3.63, 3.8) is 0 Å².